The molecule has 1 saturated heterocycles. The lowest BCUT2D eigenvalue weighted by Crippen LogP contribution is -2.54. The van der Waals surface area contributed by atoms with Crippen LogP contribution in [0.2, 0.25) is 5.02 Å². The highest BCUT2D eigenvalue weighted by molar-refractivity contribution is 6.32. The maximum Gasteiger partial charge on any atom is 0.306 e. The second kappa shape index (κ2) is 10.4. The molecule has 1 aromatic carbocycles. The number of hydrogen-bond donors (Lipinski definition) is 0. The smallest absolute Gasteiger partial charge is 0.306 e. The van der Waals surface area contributed by atoms with Crippen molar-refractivity contribution >= 4 is 29.3 Å². The first-order chi connectivity index (χ1) is 14.9. The molecule has 1 aliphatic rings. The van der Waals surface area contributed by atoms with Gasteiger partial charge in [-0.25, -0.2) is 14.4 Å². The maximum absolute atomic E-state index is 13.2. The van der Waals surface area contributed by atoms with Gasteiger partial charge in [-0.3, -0.25) is 9.59 Å². The third kappa shape index (κ3) is 6.04. The molecule has 0 spiro atoms. The second-order valence-electron chi connectivity index (χ2n) is 7.08. The number of nitrogens with zero attached hydrogens (tertiary/aromatic N) is 4. The second-order valence-corrected chi connectivity index (χ2v) is 7.49. The van der Waals surface area contributed by atoms with Crippen LogP contribution in [-0.4, -0.2) is 59.0 Å². The molecule has 1 fully saturated rings. The summed E-state index contributed by atoms with van der Waals surface area (Å²) in [5, 5.41) is 0.142. The molecule has 0 saturated carbocycles. The molecule has 0 aliphatic carbocycles. The summed E-state index contributed by atoms with van der Waals surface area (Å²) in [7, 11) is 0. The molecule has 0 N–H and O–H groups in total. The van der Waals surface area contributed by atoms with Crippen LogP contribution in [0.4, 0.5) is 10.2 Å². The SMILES string of the molecule is CCOC(=O)CCC(=O)N1CCN(c2cc(Oc3ccc(F)cc3Cl)ncn2)C[C@H]1C. The van der Waals surface area contributed by atoms with Gasteiger partial charge in [-0.15, -0.1) is 0 Å². The summed E-state index contributed by atoms with van der Waals surface area (Å²) in [5.74, 6) is 0.324. The van der Waals surface area contributed by atoms with Crippen LogP contribution in [-0.2, 0) is 14.3 Å². The van der Waals surface area contributed by atoms with Crippen LogP contribution in [0.15, 0.2) is 30.6 Å². The Balaban J connectivity index is 1.60. The summed E-state index contributed by atoms with van der Waals surface area (Å²) >= 11 is 6.01. The molecule has 0 radical (unpaired) electrons. The first kappa shape index (κ1) is 22.7. The minimum atomic E-state index is -0.454. The number of aromatic nitrogens is 2. The Kier molecular flexibility index (Phi) is 7.62. The van der Waals surface area contributed by atoms with Gasteiger partial charge < -0.3 is 19.3 Å². The largest absolute Gasteiger partial charge is 0.466 e. The van der Waals surface area contributed by atoms with Crippen molar-refractivity contribution in [2.24, 2.45) is 0 Å². The molecular formula is C21H24ClFN4O4. The van der Waals surface area contributed by atoms with E-state index in [0.717, 1.165) is 0 Å². The molecule has 31 heavy (non-hydrogen) atoms. The van der Waals surface area contributed by atoms with Crippen molar-refractivity contribution in [3.05, 3.63) is 41.4 Å². The number of halogens is 2. The van der Waals surface area contributed by atoms with Crippen LogP contribution in [0, 0.1) is 5.82 Å². The summed E-state index contributed by atoms with van der Waals surface area (Å²) < 4.78 is 23.8. The Morgan fingerprint density at radius 2 is 2.03 bits per heavy atom. The average molecular weight is 451 g/mol. The molecule has 0 unspecified atom stereocenters. The minimum Gasteiger partial charge on any atom is -0.466 e. The van der Waals surface area contributed by atoms with E-state index in [9.17, 15) is 14.0 Å². The molecule has 10 heteroatoms. The number of benzene rings is 1. The number of hydrogen-bond acceptors (Lipinski definition) is 7. The fourth-order valence-electron chi connectivity index (χ4n) is 3.35. The van der Waals surface area contributed by atoms with Gasteiger partial charge in [0.2, 0.25) is 11.8 Å². The molecular weight excluding hydrogens is 427 g/mol. The van der Waals surface area contributed by atoms with E-state index < -0.39 is 5.82 Å². The van der Waals surface area contributed by atoms with Gasteiger partial charge >= 0.3 is 5.97 Å². The molecule has 2 heterocycles. The summed E-state index contributed by atoms with van der Waals surface area (Å²) in [5.41, 5.74) is 0. The van der Waals surface area contributed by atoms with Crippen LogP contribution in [0.25, 0.3) is 0 Å². The molecule has 3 rings (SSSR count). The minimum absolute atomic E-state index is 0.0608. The first-order valence-corrected chi connectivity index (χ1v) is 10.4. The number of amides is 1. The van der Waals surface area contributed by atoms with Crippen molar-refractivity contribution in [3.8, 4) is 11.6 Å². The van der Waals surface area contributed by atoms with E-state index in [1.54, 1.807) is 17.9 Å². The summed E-state index contributed by atoms with van der Waals surface area (Å²) in [6.07, 6.45) is 1.59. The lowest BCUT2D eigenvalue weighted by atomic mass is 10.1. The van der Waals surface area contributed by atoms with E-state index in [1.807, 2.05) is 11.8 Å². The third-order valence-corrected chi connectivity index (χ3v) is 5.15. The van der Waals surface area contributed by atoms with Crippen molar-refractivity contribution in [3.63, 3.8) is 0 Å². The number of piperazine rings is 1. The highest BCUT2D eigenvalue weighted by Crippen LogP contribution is 2.30. The number of carbonyl (C=O) groups excluding carboxylic acids is 2. The van der Waals surface area contributed by atoms with Crippen LogP contribution < -0.4 is 9.64 Å². The van der Waals surface area contributed by atoms with Gasteiger partial charge in [0.15, 0.2) is 0 Å². The molecule has 1 aromatic heterocycles. The van der Waals surface area contributed by atoms with Gasteiger partial charge in [0.25, 0.3) is 0 Å². The van der Waals surface area contributed by atoms with Crippen molar-refractivity contribution in [1.29, 1.82) is 0 Å². The fraction of sp³-hybridized carbons (Fsp3) is 0.429. The lowest BCUT2D eigenvalue weighted by molar-refractivity contribution is -0.146. The first-order valence-electron chi connectivity index (χ1n) is 10.0. The quantitative estimate of drug-likeness (QED) is 0.597. The molecule has 2 aromatic rings. The van der Waals surface area contributed by atoms with Crippen LogP contribution >= 0.6 is 11.6 Å². The van der Waals surface area contributed by atoms with Crippen molar-refractivity contribution in [2.75, 3.05) is 31.1 Å². The van der Waals surface area contributed by atoms with E-state index in [4.69, 9.17) is 21.1 Å². The Morgan fingerprint density at radius 3 is 2.74 bits per heavy atom. The van der Waals surface area contributed by atoms with Crippen LogP contribution in [0.3, 0.4) is 0 Å². The normalized spacial score (nSPS) is 16.2. The Morgan fingerprint density at radius 1 is 1.23 bits per heavy atom. The molecule has 1 amide bonds. The van der Waals surface area contributed by atoms with Gasteiger partial charge in [0, 0.05) is 38.2 Å². The molecule has 1 aliphatic heterocycles. The Bertz CT molecular complexity index is 945. The van der Waals surface area contributed by atoms with Crippen molar-refractivity contribution in [2.45, 2.75) is 32.7 Å². The summed E-state index contributed by atoms with van der Waals surface area (Å²) in [4.78, 5) is 36.2. The molecule has 8 nitrogen and oxygen atoms in total. The van der Waals surface area contributed by atoms with Crippen molar-refractivity contribution < 1.29 is 23.5 Å². The number of esters is 1. The Hall–Kier alpha value is -2.94. The van der Waals surface area contributed by atoms with Gasteiger partial charge in [0.05, 0.1) is 18.1 Å². The predicted molar refractivity (Wildman–Crippen MR) is 113 cm³/mol. The summed E-state index contributed by atoms with van der Waals surface area (Å²) in [6, 6.07) is 5.46. The van der Waals surface area contributed by atoms with Crippen molar-refractivity contribution in [1.82, 2.24) is 14.9 Å². The van der Waals surface area contributed by atoms with E-state index in [-0.39, 0.29) is 47.4 Å². The third-order valence-electron chi connectivity index (χ3n) is 4.86. The van der Waals surface area contributed by atoms with Gasteiger partial charge in [-0.1, -0.05) is 11.6 Å². The molecule has 0 bridgehead atoms. The molecule has 166 valence electrons. The predicted octanol–water partition coefficient (Wildman–Crippen LogP) is 3.44. The zero-order chi connectivity index (χ0) is 22.4. The van der Waals surface area contributed by atoms with Gasteiger partial charge in [-0.2, -0.15) is 0 Å². The highest BCUT2D eigenvalue weighted by atomic mass is 35.5. The van der Waals surface area contributed by atoms with Crippen LogP contribution in [0.1, 0.15) is 26.7 Å². The fourth-order valence-corrected chi connectivity index (χ4v) is 3.56. The van der Waals surface area contributed by atoms with Crippen LogP contribution in [0.5, 0.6) is 11.6 Å². The number of ether oxygens (including phenoxy) is 2. The van der Waals surface area contributed by atoms with E-state index in [1.165, 1.54) is 24.5 Å². The highest BCUT2D eigenvalue weighted by Gasteiger charge is 2.28. The monoisotopic (exact) mass is 450 g/mol. The topological polar surface area (TPSA) is 84.9 Å². The average Bonchev–Trinajstić information content (AvgIpc) is 2.74. The van der Waals surface area contributed by atoms with Gasteiger partial charge in [0.1, 0.15) is 23.7 Å². The van der Waals surface area contributed by atoms with E-state index >= 15 is 0 Å². The standard InChI is InChI=1S/C21H24ClFN4O4/c1-3-30-21(29)7-6-20(28)27-9-8-26(12-14(27)2)18-11-19(25-13-24-18)31-17-5-4-15(23)10-16(17)22/h4-5,10-11,13-14H,3,6-9,12H2,1-2H3/t14-/m1/s1. The number of carbonyl (C=O) groups is 2. The number of rotatable bonds is 7. The maximum atomic E-state index is 13.2. The lowest BCUT2D eigenvalue weighted by Gasteiger charge is -2.40. The van der Waals surface area contributed by atoms with Gasteiger partial charge in [-0.05, 0) is 32.0 Å². The van der Waals surface area contributed by atoms with E-state index in [2.05, 4.69) is 9.97 Å². The number of anilines is 1. The zero-order valence-corrected chi connectivity index (χ0v) is 18.1. The van der Waals surface area contributed by atoms with E-state index in [0.29, 0.717) is 32.1 Å². The Labute approximate surface area is 184 Å². The zero-order valence-electron chi connectivity index (χ0n) is 17.4. The summed E-state index contributed by atoms with van der Waals surface area (Å²) in [6.45, 7) is 5.64. The molecule has 1 atom stereocenters.